The summed E-state index contributed by atoms with van der Waals surface area (Å²) in [7, 11) is 0. The molecule has 1 N–H and O–H groups in total. The van der Waals surface area contributed by atoms with Gasteiger partial charge in [0.1, 0.15) is 18.3 Å². The summed E-state index contributed by atoms with van der Waals surface area (Å²) in [4.78, 5) is 22.1. The number of pyridine rings is 1. The van der Waals surface area contributed by atoms with Crippen molar-refractivity contribution in [3.05, 3.63) is 90.6 Å². The van der Waals surface area contributed by atoms with Crippen molar-refractivity contribution in [3.8, 4) is 0 Å². The predicted molar refractivity (Wildman–Crippen MR) is 113 cm³/mol. The molecule has 0 spiro atoms. The number of nitrogens with zero attached hydrogens (tertiary/aromatic N) is 2. The van der Waals surface area contributed by atoms with E-state index >= 15 is 0 Å². The highest BCUT2D eigenvalue weighted by Crippen LogP contribution is 2.36. The smallest absolute Gasteiger partial charge is 0.274 e. The summed E-state index contributed by atoms with van der Waals surface area (Å²) in [5, 5.41) is -0.224. The van der Waals surface area contributed by atoms with Gasteiger partial charge in [-0.25, -0.2) is 4.98 Å². The highest BCUT2D eigenvalue weighted by Gasteiger charge is 2.31. The second-order valence-electron chi connectivity index (χ2n) is 6.78. The Hall–Kier alpha value is -2.79. The number of aromatic nitrogens is 1. The molecule has 1 aliphatic rings. The lowest BCUT2D eigenvalue weighted by Crippen LogP contribution is -2.50. The van der Waals surface area contributed by atoms with E-state index in [1.807, 2.05) is 71.8 Å². The number of benzene rings is 2. The molecular formula is C23H24N3OS+. The van der Waals surface area contributed by atoms with Crippen LogP contribution >= 0.6 is 11.8 Å². The number of piperazine rings is 1. The molecule has 0 radical (unpaired) electrons. The Labute approximate surface area is 170 Å². The summed E-state index contributed by atoms with van der Waals surface area (Å²) in [6, 6.07) is 26.4. The minimum Gasteiger partial charge on any atom is -0.334 e. The van der Waals surface area contributed by atoms with Crippen LogP contribution in [0.1, 0.15) is 10.8 Å². The Morgan fingerprint density at radius 2 is 1.46 bits per heavy atom. The molecular weight excluding hydrogens is 366 g/mol. The van der Waals surface area contributed by atoms with E-state index in [1.165, 1.54) is 0 Å². The van der Waals surface area contributed by atoms with Gasteiger partial charge in [-0.2, -0.15) is 0 Å². The number of carbonyl (C=O) groups excluding carboxylic acids is 1. The van der Waals surface area contributed by atoms with E-state index in [2.05, 4.69) is 28.1 Å². The third-order valence-corrected chi connectivity index (χ3v) is 6.20. The van der Waals surface area contributed by atoms with Gasteiger partial charge >= 0.3 is 0 Å². The van der Waals surface area contributed by atoms with Crippen LogP contribution in [-0.4, -0.2) is 37.0 Å². The molecule has 1 amide bonds. The number of carbonyl (C=O) groups is 1. The summed E-state index contributed by atoms with van der Waals surface area (Å²) in [5.74, 6) is 1.30. The van der Waals surface area contributed by atoms with Crippen LogP contribution in [0.15, 0.2) is 90.0 Å². The van der Waals surface area contributed by atoms with Gasteiger partial charge in [0.05, 0.1) is 19.3 Å². The Morgan fingerprint density at radius 1 is 0.821 bits per heavy atom. The number of hydrogen-bond acceptors (Lipinski definition) is 3. The number of hydrogen-bond donors (Lipinski definition) is 0. The Morgan fingerprint density at radius 3 is 2.11 bits per heavy atom. The molecule has 1 saturated heterocycles. The highest BCUT2D eigenvalue weighted by molar-refractivity contribution is 8.00. The first-order valence-corrected chi connectivity index (χ1v) is 10.5. The van der Waals surface area contributed by atoms with Crippen molar-refractivity contribution in [3.63, 3.8) is 0 Å². The maximum absolute atomic E-state index is 13.4. The van der Waals surface area contributed by atoms with Crippen molar-refractivity contribution in [2.45, 2.75) is 10.1 Å². The average Bonchev–Trinajstić information content (AvgIpc) is 2.79. The number of nitrogens with one attached hydrogen (secondary N) is 1. The van der Waals surface area contributed by atoms with Crippen molar-refractivity contribution in [2.75, 3.05) is 31.1 Å². The largest absolute Gasteiger partial charge is 0.334 e. The maximum atomic E-state index is 13.4. The Kier molecular flexibility index (Phi) is 5.92. The van der Waals surface area contributed by atoms with Crippen LogP contribution in [0.5, 0.6) is 0 Å². The molecule has 4 rings (SSSR count). The van der Waals surface area contributed by atoms with Gasteiger partial charge in [-0.1, -0.05) is 54.6 Å². The third kappa shape index (κ3) is 4.37. The fraction of sp³-hybridized carbons (Fsp3) is 0.217. The number of amides is 1. The molecule has 3 aromatic rings. The summed E-state index contributed by atoms with van der Waals surface area (Å²) in [6.07, 6.45) is 1.94. The van der Waals surface area contributed by atoms with E-state index < -0.39 is 0 Å². The monoisotopic (exact) mass is 390 g/mol. The minimum absolute atomic E-state index is 0.191. The van der Waals surface area contributed by atoms with Crippen LogP contribution in [0, 0.1) is 0 Å². The summed E-state index contributed by atoms with van der Waals surface area (Å²) in [5.41, 5.74) is 1.06. The molecule has 1 fully saturated rings. The fourth-order valence-corrected chi connectivity index (χ4v) is 4.57. The van der Waals surface area contributed by atoms with Crippen molar-refractivity contribution in [1.29, 1.82) is 0 Å². The van der Waals surface area contributed by atoms with Gasteiger partial charge in [-0.15, -0.1) is 11.8 Å². The van der Waals surface area contributed by atoms with Crippen LogP contribution < -0.4 is 9.88 Å². The summed E-state index contributed by atoms with van der Waals surface area (Å²) in [6.45, 7) is 3.15. The second-order valence-corrected chi connectivity index (χ2v) is 7.96. The van der Waals surface area contributed by atoms with Gasteiger partial charge in [0, 0.05) is 11.0 Å². The van der Waals surface area contributed by atoms with Crippen LogP contribution in [0.25, 0.3) is 0 Å². The van der Waals surface area contributed by atoms with Crippen molar-refractivity contribution in [1.82, 2.24) is 4.90 Å². The molecule has 0 aliphatic carbocycles. The normalized spacial score (nSPS) is 15.3. The molecule has 5 heteroatoms. The van der Waals surface area contributed by atoms with E-state index in [-0.39, 0.29) is 11.2 Å². The molecule has 1 aromatic heterocycles. The van der Waals surface area contributed by atoms with Crippen LogP contribution in [0.4, 0.5) is 5.82 Å². The topological polar surface area (TPSA) is 37.7 Å². The zero-order chi connectivity index (χ0) is 19.2. The number of H-pyrrole nitrogens is 1. The Balaban J connectivity index is 1.48. The summed E-state index contributed by atoms with van der Waals surface area (Å²) < 4.78 is 0. The van der Waals surface area contributed by atoms with Crippen molar-refractivity contribution >= 4 is 23.5 Å². The van der Waals surface area contributed by atoms with Gasteiger partial charge < -0.3 is 4.90 Å². The van der Waals surface area contributed by atoms with Crippen molar-refractivity contribution < 1.29 is 9.78 Å². The molecule has 4 nitrogen and oxygen atoms in total. The first kappa shape index (κ1) is 18.6. The molecule has 0 saturated carbocycles. The first-order valence-electron chi connectivity index (χ1n) is 9.58. The number of aromatic amines is 1. The molecule has 1 atom stereocenters. The van der Waals surface area contributed by atoms with Gasteiger partial charge in [0.25, 0.3) is 5.82 Å². The van der Waals surface area contributed by atoms with Crippen LogP contribution in [0.3, 0.4) is 0 Å². The number of anilines is 1. The third-order valence-electron chi connectivity index (χ3n) is 4.95. The van der Waals surface area contributed by atoms with Gasteiger partial charge in [-0.3, -0.25) is 9.69 Å². The van der Waals surface area contributed by atoms with Crippen molar-refractivity contribution in [2.24, 2.45) is 0 Å². The lowest BCUT2D eigenvalue weighted by Gasteiger charge is -2.33. The molecule has 2 aromatic carbocycles. The molecule has 0 unspecified atom stereocenters. The number of thioether (sulfide) groups is 1. The van der Waals surface area contributed by atoms with Gasteiger partial charge in [0.15, 0.2) is 0 Å². The average molecular weight is 391 g/mol. The quantitative estimate of drug-likeness (QED) is 0.624. The van der Waals surface area contributed by atoms with Crippen LogP contribution in [0.2, 0.25) is 0 Å². The Bertz CT molecular complexity index is 881. The van der Waals surface area contributed by atoms with E-state index in [1.54, 1.807) is 11.8 Å². The molecule has 0 bridgehead atoms. The maximum Gasteiger partial charge on any atom is 0.274 e. The molecule has 28 heavy (non-hydrogen) atoms. The van der Waals surface area contributed by atoms with E-state index in [0.717, 1.165) is 42.5 Å². The second kappa shape index (κ2) is 8.93. The van der Waals surface area contributed by atoms with E-state index in [0.29, 0.717) is 0 Å². The van der Waals surface area contributed by atoms with E-state index in [9.17, 15) is 4.79 Å². The standard InChI is InChI=1S/C23H23N3OS/c27-23(26-17-15-25(16-18-26)21-13-7-8-14-24-21)22(19-9-3-1-4-10-19)28-20-11-5-2-6-12-20/h1-14,22H,15-18H2/p+1/t22-/m0/s1. The predicted octanol–water partition coefficient (Wildman–Crippen LogP) is 3.68. The zero-order valence-corrected chi connectivity index (χ0v) is 16.5. The van der Waals surface area contributed by atoms with Gasteiger partial charge in [0.2, 0.25) is 5.91 Å². The summed E-state index contributed by atoms with van der Waals surface area (Å²) >= 11 is 1.63. The zero-order valence-electron chi connectivity index (χ0n) is 15.7. The molecule has 1 aliphatic heterocycles. The lowest BCUT2D eigenvalue weighted by molar-refractivity contribution is -0.364. The number of rotatable bonds is 5. The fourth-order valence-electron chi connectivity index (χ4n) is 3.44. The van der Waals surface area contributed by atoms with Crippen LogP contribution in [-0.2, 0) is 4.79 Å². The molecule has 2 heterocycles. The first-order chi connectivity index (χ1) is 13.8. The minimum atomic E-state index is -0.224. The lowest BCUT2D eigenvalue weighted by atomic mass is 10.1. The van der Waals surface area contributed by atoms with Gasteiger partial charge in [-0.05, 0) is 23.8 Å². The van der Waals surface area contributed by atoms with E-state index in [4.69, 9.17) is 0 Å². The SMILES string of the molecule is O=C([C@@H](Sc1ccccc1)c1ccccc1)N1CCN(c2cccc[nH+]2)CC1. The highest BCUT2D eigenvalue weighted by atomic mass is 32.2. The molecule has 142 valence electrons.